The van der Waals surface area contributed by atoms with Crippen LogP contribution in [0.25, 0.3) is 10.8 Å². The number of amides is 1. The van der Waals surface area contributed by atoms with Crippen LogP contribution in [0.4, 0.5) is 0 Å². The maximum atomic E-state index is 12.6. The molecule has 2 aromatic rings. The summed E-state index contributed by atoms with van der Waals surface area (Å²) in [7, 11) is 1.61. The molecule has 0 radical (unpaired) electrons. The Hall–Kier alpha value is -2.21. The van der Waals surface area contributed by atoms with Crippen molar-refractivity contribution >= 4 is 16.7 Å². The molecule has 130 valence electrons. The van der Waals surface area contributed by atoms with Gasteiger partial charge in [0.2, 0.25) is 5.91 Å². The molecule has 0 aliphatic rings. The number of carbonyl (C=O) groups excluding carboxylic acids is 1. The van der Waals surface area contributed by atoms with Crippen molar-refractivity contribution in [1.82, 2.24) is 14.7 Å². The van der Waals surface area contributed by atoms with Crippen LogP contribution in [-0.2, 0) is 16.1 Å². The third-order valence-corrected chi connectivity index (χ3v) is 3.84. The smallest absolute Gasteiger partial charge is 0.275 e. The van der Waals surface area contributed by atoms with Crippen LogP contribution < -0.4 is 5.56 Å². The van der Waals surface area contributed by atoms with Crippen molar-refractivity contribution in [3.63, 3.8) is 0 Å². The van der Waals surface area contributed by atoms with E-state index >= 15 is 0 Å². The highest BCUT2D eigenvalue weighted by atomic mass is 16.5. The summed E-state index contributed by atoms with van der Waals surface area (Å²) in [6.45, 7) is 7.51. The number of methoxy groups -OCH3 is 1. The van der Waals surface area contributed by atoms with E-state index in [1.807, 2.05) is 25.1 Å². The van der Waals surface area contributed by atoms with Crippen molar-refractivity contribution in [2.45, 2.75) is 27.3 Å². The molecule has 24 heavy (non-hydrogen) atoms. The van der Waals surface area contributed by atoms with Crippen LogP contribution in [-0.4, -0.2) is 47.4 Å². The molecule has 1 amide bonds. The molecule has 1 aromatic heterocycles. The van der Waals surface area contributed by atoms with Gasteiger partial charge in [0.15, 0.2) is 0 Å². The van der Waals surface area contributed by atoms with Gasteiger partial charge in [-0.3, -0.25) is 9.59 Å². The Morgan fingerprint density at radius 1 is 1.29 bits per heavy atom. The summed E-state index contributed by atoms with van der Waals surface area (Å²) in [6, 6.07) is 7.33. The van der Waals surface area contributed by atoms with Gasteiger partial charge in [-0.15, -0.1) is 0 Å². The Kier molecular flexibility index (Phi) is 6.09. The monoisotopic (exact) mass is 331 g/mol. The molecule has 0 aliphatic carbocycles. The fraction of sp³-hybridized carbons (Fsp3) is 0.500. The second-order valence-electron chi connectivity index (χ2n) is 6.32. The average Bonchev–Trinajstić information content (AvgIpc) is 2.55. The summed E-state index contributed by atoms with van der Waals surface area (Å²) in [6.07, 6.45) is 0. The number of nitrogens with zero attached hydrogens (tertiary/aromatic N) is 3. The van der Waals surface area contributed by atoms with Crippen molar-refractivity contribution in [3.8, 4) is 0 Å². The minimum absolute atomic E-state index is 0.0546. The maximum absolute atomic E-state index is 12.6. The summed E-state index contributed by atoms with van der Waals surface area (Å²) in [5, 5.41) is 5.72. The number of carbonyl (C=O) groups is 1. The molecule has 0 bridgehead atoms. The van der Waals surface area contributed by atoms with Crippen molar-refractivity contribution in [3.05, 3.63) is 40.3 Å². The molecule has 0 unspecified atom stereocenters. The molecule has 0 saturated heterocycles. The predicted molar refractivity (Wildman–Crippen MR) is 94.0 cm³/mol. The van der Waals surface area contributed by atoms with E-state index in [4.69, 9.17) is 4.74 Å². The first-order chi connectivity index (χ1) is 11.4. The highest BCUT2D eigenvalue weighted by Crippen LogP contribution is 2.12. The molecule has 0 spiro atoms. The van der Waals surface area contributed by atoms with Crippen LogP contribution >= 0.6 is 0 Å². The van der Waals surface area contributed by atoms with Gasteiger partial charge in [0.25, 0.3) is 5.56 Å². The number of ether oxygens (including phenoxy) is 1. The Labute approximate surface area is 142 Å². The topological polar surface area (TPSA) is 64.4 Å². The molecule has 1 heterocycles. The van der Waals surface area contributed by atoms with Crippen LogP contribution in [0.3, 0.4) is 0 Å². The van der Waals surface area contributed by atoms with Crippen molar-refractivity contribution in [2.75, 3.05) is 26.8 Å². The number of hydrogen-bond acceptors (Lipinski definition) is 4. The van der Waals surface area contributed by atoms with Gasteiger partial charge in [-0.05, 0) is 18.9 Å². The van der Waals surface area contributed by atoms with E-state index in [0.717, 1.165) is 11.1 Å². The lowest BCUT2D eigenvalue weighted by Gasteiger charge is -2.24. The lowest BCUT2D eigenvalue weighted by molar-refractivity contribution is -0.133. The van der Waals surface area contributed by atoms with E-state index in [1.54, 1.807) is 18.1 Å². The molecule has 0 N–H and O–H groups in total. The predicted octanol–water partition coefficient (Wildman–Crippen LogP) is 1.84. The highest BCUT2D eigenvalue weighted by molar-refractivity contribution is 5.83. The van der Waals surface area contributed by atoms with Gasteiger partial charge >= 0.3 is 0 Å². The van der Waals surface area contributed by atoms with Crippen molar-refractivity contribution in [2.24, 2.45) is 5.92 Å². The number of hydrogen-bond donors (Lipinski definition) is 0. The quantitative estimate of drug-likeness (QED) is 0.776. The molecular weight excluding hydrogens is 306 g/mol. The lowest BCUT2D eigenvalue weighted by Crippen LogP contribution is -2.41. The molecule has 6 heteroatoms. The molecule has 0 aliphatic heterocycles. The lowest BCUT2D eigenvalue weighted by atomic mass is 10.1. The number of rotatable bonds is 7. The van der Waals surface area contributed by atoms with Gasteiger partial charge in [-0.2, -0.15) is 5.10 Å². The Bertz CT molecular complexity index is 768. The fourth-order valence-corrected chi connectivity index (χ4v) is 2.70. The van der Waals surface area contributed by atoms with Gasteiger partial charge in [0.1, 0.15) is 6.54 Å². The summed E-state index contributed by atoms with van der Waals surface area (Å²) >= 11 is 0. The molecule has 0 fully saturated rings. The first-order valence-corrected chi connectivity index (χ1v) is 8.17. The zero-order valence-corrected chi connectivity index (χ0v) is 14.8. The number of aromatic nitrogens is 2. The largest absolute Gasteiger partial charge is 0.383 e. The number of benzene rings is 1. The Morgan fingerprint density at radius 2 is 1.96 bits per heavy atom. The SMILES string of the molecule is COCCN(CC(C)C)C(=O)Cn1nc(C)c2ccccc2c1=O. The number of fused-ring (bicyclic) bond motifs is 1. The number of aryl methyl sites for hydroxylation is 1. The van der Waals surface area contributed by atoms with Gasteiger partial charge in [-0.1, -0.05) is 32.0 Å². The van der Waals surface area contributed by atoms with E-state index in [0.29, 0.717) is 31.0 Å². The summed E-state index contributed by atoms with van der Waals surface area (Å²) in [5.41, 5.74) is 0.506. The second-order valence-corrected chi connectivity index (χ2v) is 6.32. The average molecular weight is 331 g/mol. The van der Waals surface area contributed by atoms with Crippen molar-refractivity contribution in [1.29, 1.82) is 0 Å². The van der Waals surface area contributed by atoms with Crippen LogP contribution in [0.5, 0.6) is 0 Å². The maximum Gasteiger partial charge on any atom is 0.275 e. The summed E-state index contributed by atoms with van der Waals surface area (Å²) in [5.74, 6) is 0.221. The van der Waals surface area contributed by atoms with Crippen LogP contribution in [0, 0.1) is 12.8 Å². The van der Waals surface area contributed by atoms with Crippen molar-refractivity contribution < 1.29 is 9.53 Å². The Morgan fingerprint density at radius 3 is 2.58 bits per heavy atom. The zero-order valence-electron chi connectivity index (χ0n) is 14.8. The fourth-order valence-electron chi connectivity index (χ4n) is 2.70. The highest BCUT2D eigenvalue weighted by Gasteiger charge is 2.17. The third-order valence-electron chi connectivity index (χ3n) is 3.84. The zero-order chi connectivity index (χ0) is 17.7. The van der Waals surface area contributed by atoms with E-state index < -0.39 is 0 Å². The van der Waals surface area contributed by atoms with E-state index in [-0.39, 0.29) is 18.0 Å². The minimum atomic E-state index is -0.235. The van der Waals surface area contributed by atoms with Gasteiger partial charge in [-0.25, -0.2) is 4.68 Å². The first-order valence-electron chi connectivity index (χ1n) is 8.17. The second kappa shape index (κ2) is 8.06. The van der Waals surface area contributed by atoms with Crippen LogP contribution in [0.2, 0.25) is 0 Å². The standard InChI is InChI=1S/C18H25N3O3/c1-13(2)11-20(9-10-24-4)17(22)12-21-18(23)16-8-6-5-7-15(16)14(3)19-21/h5-8,13H,9-12H2,1-4H3. The minimum Gasteiger partial charge on any atom is -0.383 e. The molecule has 0 atom stereocenters. The van der Waals surface area contributed by atoms with E-state index in [2.05, 4.69) is 18.9 Å². The molecule has 6 nitrogen and oxygen atoms in total. The third kappa shape index (κ3) is 4.20. The van der Waals surface area contributed by atoms with Crippen LogP contribution in [0.15, 0.2) is 29.1 Å². The normalized spacial score (nSPS) is 11.2. The van der Waals surface area contributed by atoms with Gasteiger partial charge in [0.05, 0.1) is 17.7 Å². The molecule has 0 saturated carbocycles. The Balaban J connectivity index is 2.28. The molecule has 2 rings (SSSR count). The summed E-state index contributed by atoms with van der Waals surface area (Å²) < 4.78 is 6.34. The summed E-state index contributed by atoms with van der Waals surface area (Å²) in [4.78, 5) is 26.9. The van der Waals surface area contributed by atoms with E-state index in [9.17, 15) is 9.59 Å². The molecular formula is C18H25N3O3. The van der Waals surface area contributed by atoms with Crippen LogP contribution in [0.1, 0.15) is 19.5 Å². The molecule has 1 aromatic carbocycles. The van der Waals surface area contributed by atoms with Gasteiger partial charge < -0.3 is 9.64 Å². The first kappa shape index (κ1) is 18.1. The van der Waals surface area contributed by atoms with Gasteiger partial charge in [0, 0.05) is 25.6 Å². The van der Waals surface area contributed by atoms with E-state index in [1.165, 1.54) is 4.68 Å².